The maximum Gasteiger partial charge on any atom is 0.254 e. The van der Waals surface area contributed by atoms with Gasteiger partial charge in [0.1, 0.15) is 5.03 Å². The molecule has 1 aromatic rings. The Morgan fingerprint density at radius 1 is 1.38 bits per heavy atom. The lowest BCUT2D eigenvalue weighted by Gasteiger charge is -2.23. The number of carbonyl (C=O) groups excluding carboxylic acids is 2. The maximum atomic E-state index is 12.6. The molecule has 2 aliphatic rings. The van der Waals surface area contributed by atoms with Gasteiger partial charge in [-0.3, -0.25) is 9.59 Å². The van der Waals surface area contributed by atoms with Crippen LogP contribution in [0.1, 0.15) is 43.0 Å². The van der Waals surface area contributed by atoms with Crippen molar-refractivity contribution in [3.8, 4) is 0 Å². The maximum absolute atomic E-state index is 12.6. The molecule has 2 N–H and O–H groups in total. The molecule has 3 rings (SSSR count). The van der Waals surface area contributed by atoms with Gasteiger partial charge in [0.2, 0.25) is 5.91 Å². The number of aromatic nitrogens is 1. The van der Waals surface area contributed by atoms with E-state index in [-0.39, 0.29) is 17.1 Å². The van der Waals surface area contributed by atoms with Crippen LogP contribution in [0.15, 0.2) is 23.4 Å². The number of hydrogen-bond acceptors (Lipinski definition) is 5. The number of carbonyl (C=O) groups is 2. The average molecular weight is 377 g/mol. The van der Waals surface area contributed by atoms with Gasteiger partial charge >= 0.3 is 0 Å². The summed E-state index contributed by atoms with van der Waals surface area (Å²) < 4.78 is 0. The van der Waals surface area contributed by atoms with Gasteiger partial charge in [-0.05, 0) is 63.7 Å². The van der Waals surface area contributed by atoms with Crippen LogP contribution in [0.25, 0.3) is 0 Å². The van der Waals surface area contributed by atoms with Crippen LogP contribution in [0, 0.1) is 5.92 Å². The summed E-state index contributed by atoms with van der Waals surface area (Å²) >= 11 is 1.38. The molecule has 2 fully saturated rings. The molecule has 2 amide bonds. The van der Waals surface area contributed by atoms with Crippen molar-refractivity contribution in [1.82, 2.24) is 20.5 Å². The Bertz CT molecular complexity index is 628. The van der Waals surface area contributed by atoms with Gasteiger partial charge in [0, 0.05) is 25.8 Å². The molecule has 0 saturated carbocycles. The molecule has 0 radical (unpaired) electrons. The van der Waals surface area contributed by atoms with Crippen LogP contribution < -0.4 is 10.6 Å². The fraction of sp³-hybridized carbons (Fsp3) is 0.632. The summed E-state index contributed by atoms with van der Waals surface area (Å²) in [5.74, 6) is 0.515. The fourth-order valence-electron chi connectivity index (χ4n) is 3.50. The quantitative estimate of drug-likeness (QED) is 0.742. The topological polar surface area (TPSA) is 74.3 Å². The summed E-state index contributed by atoms with van der Waals surface area (Å²) in [5, 5.41) is 6.80. The normalized spacial score (nSPS) is 21.4. The third-order valence-electron chi connectivity index (χ3n) is 5.02. The van der Waals surface area contributed by atoms with Crippen LogP contribution in [0.5, 0.6) is 0 Å². The van der Waals surface area contributed by atoms with E-state index in [0.29, 0.717) is 23.1 Å². The van der Waals surface area contributed by atoms with E-state index >= 15 is 0 Å². The number of thioether (sulfide) groups is 1. The molecule has 6 nitrogen and oxygen atoms in total. The number of nitrogens with one attached hydrogen (secondary N) is 2. The van der Waals surface area contributed by atoms with E-state index in [1.807, 2.05) is 11.8 Å². The summed E-state index contributed by atoms with van der Waals surface area (Å²) in [6.45, 7) is 6.28. The molecule has 0 spiro atoms. The van der Waals surface area contributed by atoms with Gasteiger partial charge in [-0.25, -0.2) is 4.98 Å². The predicted molar refractivity (Wildman–Crippen MR) is 103 cm³/mol. The van der Waals surface area contributed by atoms with Gasteiger partial charge in [-0.1, -0.05) is 11.8 Å². The molecule has 142 valence electrons. The molecule has 0 bridgehead atoms. The third-order valence-corrected chi connectivity index (χ3v) is 6.12. The largest absolute Gasteiger partial charge is 0.352 e. The molecule has 1 aromatic heterocycles. The minimum absolute atomic E-state index is 0.105. The lowest BCUT2D eigenvalue weighted by molar-refractivity contribution is -0.129. The van der Waals surface area contributed by atoms with Crippen molar-refractivity contribution in [2.75, 3.05) is 32.7 Å². The van der Waals surface area contributed by atoms with Crippen LogP contribution in [0.3, 0.4) is 0 Å². The Labute approximate surface area is 159 Å². The Morgan fingerprint density at radius 3 is 2.92 bits per heavy atom. The number of pyridine rings is 1. The summed E-state index contributed by atoms with van der Waals surface area (Å²) in [6, 6.07) is 3.56. The van der Waals surface area contributed by atoms with Crippen LogP contribution in [-0.4, -0.2) is 59.7 Å². The molecule has 2 unspecified atom stereocenters. The smallest absolute Gasteiger partial charge is 0.254 e. The second kappa shape index (κ2) is 9.37. The van der Waals surface area contributed by atoms with Crippen LogP contribution in [-0.2, 0) is 4.79 Å². The van der Waals surface area contributed by atoms with Crippen molar-refractivity contribution in [3.63, 3.8) is 0 Å². The Balaban J connectivity index is 1.59. The molecule has 0 aromatic carbocycles. The van der Waals surface area contributed by atoms with E-state index in [0.717, 1.165) is 51.9 Å². The van der Waals surface area contributed by atoms with Crippen molar-refractivity contribution in [3.05, 3.63) is 23.9 Å². The Morgan fingerprint density at radius 2 is 2.19 bits per heavy atom. The van der Waals surface area contributed by atoms with Crippen molar-refractivity contribution < 1.29 is 9.59 Å². The van der Waals surface area contributed by atoms with Crippen LogP contribution in [0.2, 0.25) is 0 Å². The first-order valence-electron chi connectivity index (χ1n) is 9.54. The van der Waals surface area contributed by atoms with E-state index in [1.54, 1.807) is 18.3 Å². The summed E-state index contributed by atoms with van der Waals surface area (Å²) in [4.78, 5) is 31.4. The van der Waals surface area contributed by atoms with Crippen molar-refractivity contribution in [2.24, 2.45) is 5.92 Å². The van der Waals surface area contributed by atoms with Crippen LogP contribution >= 0.6 is 11.8 Å². The second-order valence-electron chi connectivity index (χ2n) is 7.07. The van der Waals surface area contributed by atoms with Crippen molar-refractivity contribution in [1.29, 1.82) is 0 Å². The fourth-order valence-corrected chi connectivity index (χ4v) is 4.49. The average Bonchev–Trinajstić information content (AvgIpc) is 3.21. The van der Waals surface area contributed by atoms with Gasteiger partial charge in [0.15, 0.2) is 0 Å². The van der Waals surface area contributed by atoms with Gasteiger partial charge in [-0.15, -0.1) is 0 Å². The SMILES string of the molecule is CC(Sc1ncccc1C(=O)NCC1CCCNC1)C(=O)N1CCCC1. The first-order chi connectivity index (χ1) is 12.6. The van der Waals surface area contributed by atoms with Crippen molar-refractivity contribution in [2.45, 2.75) is 42.9 Å². The Hall–Kier alpha value is -1.60. The standard InChI is InChI=1S/C19H28N4O2S/c1-14(19(25)23-10-2-3-11-23)26-18-16(7-5-9-21-18)17(24)22-13-15-6-4-8-20-12-15/h5,7,9,14-15,20H,2-4,6,8,10-13H2,1H3,(H,22,24). The number of rotatable bonds is 6. The monoisotopic (exact) mass is 376 g/mol. The van der Waals surface area contributed by atoms with E-state index in [2.05, 4.69) is 15.6 Å². The van der Waals surface area contributed by atoms with Crippen LogP contribution in [0.4, 0.5) is 0 Å². The molecule has 26 heavy (non-hydrogen) atoms. The van der Waals surface area contributed by atoms with Crippen molar-refractivity contribution >= 4 is 23.6 Å². The molecule has 0 aliphatic carbocycles. The lowest BCUT2D eigenvalue weighted by Crippen LogP contribution is -2.38. The second-order valence-corrected chi connectivity index (χ2v) is 8.40. The Kier molecular flexibility index (Phi) is 6.91. The predicted octanol–water partition coefficient (Wildman–Crippen LogP) is 1.91. The lowest BCUT2D eigenvalue weighted by atomic mass is 10.00. The van der Waals surface area contributed by atoms with E-state index in [1.165, 1.54) is 11.8 Å². The van der Waals surface area contributed by atoms with E-state index in [4.69, 9.17) is 0 Å². The zero-order valence-electron chi connectivity index (χ0n) is 15.4. The molecule has 3 heterocycles. The minimum atomic E-state index is -0.239. The molecular weight excluding hydrogens is 348 g/mol. The summed E-state index contributed by atoms with van der Waals surface area (Å²) in [7, 11) is 0. The summed E-state index contributed by atoms with van der Waals surface area (Å²) in [5.41, 5.74) is 0.558. The zero-order valence-corrected chi connectivity index (χ0v) is 16.2. The van der Waals surface area contributed by atoms with Gasteiger partial charge in [0.25, 0.3) is 5.91 Å². The van der Waals surface area contributed by atoms with Gasteiger partial charge in [-0.2, -0.15) is 0 Å². The highest BCUT2D eigenvalue weighted by atomic mass is 32.2. The number of piperidine rings is 1. The van der Waals surface area contributed by atoms with Gasteiger partial charge in [0.05, 0.1) is 10.8 Å². The molecular formula is C19H28N4O2S. The highest BCUT2D eigenvalue weighted by molar-refractivity contribution is 8.00. The minimum Gasteiger partial charge on any atom is -0.352 e. The number of hydrogen-bond donors (Lipinski definition) is 2. The highest BCUT2D eigenvalue weighted by Gasteiger charge is 2.26. The number of likely N-dealkylation sites (tertiary alicyclic amines) is 1. The first kappa shape index (κ1) is 19.2. The first-order valence-corrected chi connectivity index (χ1v) is 10.4. The molecule has 2 atom stereocenters. The summed E-state index contributed by atoms with van der Waals surface area (Å²) in [6.07, 6.45) is 6.14. The van der Waals surface area contributed by atoms with Gasteiger partial charge < -0.3 is 15.5 Å². The molecule has 7 heteroatoms. The third kappa shape index (κ3) is 4.98. The molecule has 2 aliphatic heterocycles. The number of amides is 2. The van der Waals surface area contributed by atoms with E-state index < -0.39 is 0 Å². The highest BCUT2D eigenvalue weighted by Crippen LogP contribution is 2.27. The molecule has 2 saturated heterocycles. The van der Waals surface area contributed by atoms with E-state index in [9.17, 15) is 9.59 Å². The zero-order chi connectivity index (χ0) is 18.4. The number of nitrogens with zero attached hydrogens (tertiary/aromatic N) is 2.